The van der Waals surface area contributed by atoms with Crippen LogP contribution in [0.4, 0.5) is 5.69 Å². The number of rotatable bonds is 8. The lowest BCUT2D eigenvalue weighted by Crippen LogP contribution is -2.40. The Morgan fingerprint density at radius 1 is 1.15 bits per heavy atom. The number of hydrogen-bond donors (Lipinski definition) is 1. The molecule has 0 aromatic heterocycles. The fraction of sp³-hybridized carbons (Fsp3) is 0.333. The molecule has 1 amide bonds. The molecule has 0 saturated heterocycles. The fourth-order valence-corrected chi connectivity index (χ4v) is 2.77. The maximum absolute atomic E-state index is 12.5. The van der Waals surface area contributed by atoms with E-state index in [4.69, 9.17) is 12.2 Å². The van der Waals surface area contributed by atoms with E-state index in [1.165, 1.54) is 0 Å². The highest BCUT2D eigenvalue weighted by atomic mass is 16.2. The van der Waals surface area contributed by atoms with Crippen LogP contribution in [-0.2, 0) is 4.79 Å². The molecule has 2 rings (SSSR count). The van der Waals surface area contributed by atoms with Gasteiger partial charge in [-0.15, -0.1) is 6.42 Å². The van der Waals surface area contributed by atoms with Gasteiger partial charge in [0.15, 0.2) is 5.78 Å². The van der Waals surface area contributed by atoms with Gasteiger partial charge in [0.2, 0.25) is 5.91 Å². The predicted molar refractivity (Wildman–Crippen MR) is 106 cm³/mol. The van der Waals surface area contributed by atoms with Gasteiger partial charge in [-0.1, -0.05) is 24.1 Å². The van der Waals surface area contributed by atoms with E-state index in [0.717, 1.165) is 22.9 Å². The topological polar surface area (TPSA) is 66.6 Å². The molecule has 0 unspecified atom stereocenters. The van der Waals surface area contributed by atoms with Gasteiger partial charge in [0, 0.05) is 24.8 Å². The van der Waals surface area contributed by atoms with Crippen molar-refractivity contribution < 1.29 is 9.59 Å². The van der Waals surface area contributed by atoms with Gasteiger partial charge >= 0.3 is 0 Å². The van der Waals surface area contributed by atoms with Crippen LogP contribution < -0.4 is 10.6 Å². The predicted octanol–water partition coefficient (Wildman–Crippen LogP) is 2.29. The standard InChI is InChI=1S/C21H25N3O2/c1-4-11-24(12-5-10-22)21(26)15-23(3)20-9-8-18-13-17(16(2)25)6-7-19(18)14-20/h1,6-9,13-14H,5,10-12,15,22H2,2-3H3. The third kappa shape index (κ3) is 4.84. The molecule has 2 N–H and O–H groups in total. The molecule has 2 aromatic rings. The summed E-state index contributed by atoms with van der Waals surface area (Å²) in [5, 5.41) is 2.02. The molecule has 5 heteroatoms. The van der Waals surface area contributed by atoms with Gasteiger partial charge in [-0.05, 0) is 48.9 Å². The molecule has 0 heterocycles. The second-order valence-electron chi connectivity index (χ2n) is 6.32. The first-order valence-electron chi connectivity index (χ1n) is 8.63. The average Bonchev–Trinajstić information content (AvgIpc) is 2.63. The molecule has 0 fully saturated rings. The summed E-state index contributed by atoms with van der Waals surface area (Å²) < 4.78 is 0. The summed E-state index contributed by atoms with van der Waals surface area (Å²) in [5.41, 5.74) is 7.15. The molecule has 0 saturated carbocycles. The lowest BCUT2D eigenvalue weighted by molar-refractivity contribution is -0.129. The Kier molecular flexibility index (Phi) is 6.76. The Bertz CT molecular complexity index is 839. The summed E-state index contributed by atoms with van der Waals surface area (Å²) >= 11 is 0. The first-order valence-corrected chi connectivity index (χ1v) is 8.63. The normalized spacial score (nSPS) is 10.4. The van der Waals surface area contributed by atoms with E-state index >= 15 is 0 Å². The van der Waals surface area contributed by atoms with Gasteiger partial charge < -0.3 is 15.5 Å². The van der Waals surface area contributed by atoms with Crippen LogP contribution in [0.2, 0.25) is 0 Å². The molecule has 0 spiro atoms. The van der Waals surface area contributed by atoms with E-state index in [1.54, 1.807) is 11.8 Å². The number of amides is 1. The molecule has 0 radical (unpaired) electrons. The molecule has 26 heavy (non-hydrogen) atoms. The van der Waals surface area contributed by atoms with Crippen LogP contribution >= 0.6 is 0 Å². The quantitative estimate of drug-likeness (QED) is 0.585. The molecule has 0 aliphatic rings. The second kappa shape index (κ2) is 9.02. The summed E-state index contributed by atoms with van der Waals surface area (Å²) in [6.07, 6.45) is 6.09. The average molecular weight is 351 g/mol. The molecule has 0 aliphatic carbocycles. The maximum atomic E-state index is 12.5. The summed E-state index contributed by atoms with van der Waals surface area (Å²) in [5.74, 6) is 2.55. The van der Waals surface area contributed by atoms with Crippen LogP contribution in [0.5, 0.6) is 0 Å². The Balaban J connectivity index is 2.14. The molecular formula is C21H25N3O2. The zero-order valence-corrected chi connectivity index (χ0v) is 15.4. The van der Waals surface area contributed by atoms with Gasteiger partial charge in [0.25, 0.3) is 0 Å². The molecule has 0 aliphatic heterocycles. The van der Waals surface area contributed by atoms with Gasteiger partial charge in [-0.25, -0.2) is 0 Å². The van der Waals surface area contributed by atoms with Crippen molar-refractivity contribution in [3.8, 4) is 12.3 Å². The third-order valence-electron chi connectivity index (χ3n) is 4.31. The van der Waals surface area contributed by atoms with Crippen LogP contribution in [0.25, 0.3) is 10.8 Å². The van der Waals surface area contributed by atoms with Gasteiger partial charge in [0.05, 0.1) is 13.1 Å². The highest BCUT2D eigenvalue weighted by molar-refractivity contribution is 5.99. The molecule has 5 nitrogen and oxygen atoms in total. The monoisotopic (exact) mass is 351 g/mol. The van der Waals surface area contributed by atoms with Crippen molar-refractivity contribution in [1.82, 2.24) is 4.90 Å². The van der Waals surface area contributed by atoms with Crippen LogP contribution in [-0.4, -0.2) is 49.8 Å². The van der Waals surface area contributed by atoms with E-state index in [0.29, 0.717) is 18.7 Å². The Hall–Kier alpha value is -2.84. The van der Waals surface area contributed by atoms with Crippen molar-refractivity contribution in [2.45, 2.75) is 13.3 Å². The number of benzene rings is 2. The molecule has 2 aromatic carbocycles. The number of terminal acetylenes is 1. The summed E-state index contributed by atoms with van der Waals surface area (Å²) in [6, 6.07) is 11.6. The van der Waals surface area contributed by atoms with Crippen molar-refractivity contribution in [1.29, 1.82) is 0 Å². The summed E-state index contributed by atoms with van der Waals surface area (Å²) in [4.78, 5) is 27.6. The van der Waals surface area contributed by atoms with E-state index in [1.807, 2.05) is 48.3 Å². The number of anilines is 1. The van der Waals surface area contributed by atoms with Crippen molar-refractivity contribution >= 4 is 28.2 Å². The van der Waals surface area contributed by atoms with Crippen LogP contribution in [0.1, 0.15) is 23.7 Å². The number of likely N-dealkylation sites (N-methyl/N-ethyl adjacent to an activating group) is 1. The van der Waals surface area contributed by atoms with E-state index in [9.17, 15) is 9.59 Å². The SMILES string of the molecule is C#CCN(CCCN)C(=O)CN(C)c1ccc2cc(C(C)=O)ccc2c1. The molecular weight excluding hydrogens is 326 g/mol. The fourth-order valence-electron chi connectivity index (χ4n) is 2.77. The smallest absolute Gasteiger partial charge is 0.242 e. The first-order chi connectivity index (χ1) is 12.5. The summed E-state index contributed by atoms with van der Waals surface area (Å²) in [7, 11) is 1.87. The third-order valence-corrected chi connectivity index (χ3v) is 4.31. The number of fused-ring (bicyclic) bond motifs is 1. The lowest BCUT2D eigenvalue weighted by atomic mass is 10.0. The molecule has 0 bridgehead atoms. The number of nitrogens with zero attached hydrogens (tertiary/aromatic N) is 2. The number of nitrogens with two attached hydrogens (primary N) is 1. The number of ketones is 1. The lowest BCUT2D eigenvalue weighted by Gasteiger charge is -2.25. The number of carbonyl (C=O) groups excluding carboxylic acids is 2. The molecule has 0 atom stereocenters. The van der Waals surface area contributed by atoms with Crippen molar-refractivity contribution in [2.75, 3.05) is 38.1 Å². The van der Waals surface area contributed by atoms with Crippen LogP contribution in [0.15, 0.2) is 36.4 Å². The van der Waals surface area contributed by atoms with Gasteiger partial charge in [-0.2, -0.15) is 0 Å². The number of carbonyl (C=O) groups is 2. The first kappa shape index (κ1) is 19.5. The largest absolute Gasteiger partial charge is 0.365 e. The number of hydrogen-bond acceptors (Lipinski definition) is 4. The van der Waals surface area contributed by atoms with Crippen LogP contribution in [0, 0.1) is 12.3 Å². The van der Waals surface area contributed by atoms with Crippen molar-refractivity contribution in [3.63, 3.8) is 0 Å². The number of Topliss-reactive ketones (excluding diaryl/α,β-unsaturated/α-hetero) is 1. The zero-order chi connectivity index (χ0) is 19.1. The minimum Gasteiger partial charge on any atom is -0.365 e. The second-order valence-corrected chi connectivity index (χ2v) is 6.32. The minimum atomic E-state index is -0.0223. The van der Waals surface area contributed by atoms with Crippen molar-refractivity contribution in [3.05, 3.63) is 42.0 Å². The van der Waals surface area contributed by atoms with E-state index in [2.05, 4.69) is 5.92 Å². The maximum Gasteiger partial charge on any atom is 0.242 e. The Morgan fingerprint density at radius 3 is 2.50 bits per heavy atom. The van der Waals surface area contributed by atoms with E-state index in [-0.39, 0.29) is 24.8 Å². The van der Waals surface area contributed by atoms with Crippen LogP contribution in [0.3, 0.4) is 0 Å². The van der Waals surface area contributed by atoms with E-state index < -0.39 is 0 Å². The Morgan fingerprint density at radius 2 is 1.85 bits per heavy atom. The van der Waals surface area contributed by atoms with Gasteiger partial charge in [0.1, 0.15) is 0 Å². The molecule has 136 valence electrons. The zero-order valence-electron chi connectivity index (χ0n) is 15.4. The van der Waals surface area contributed by atoms with Gasteiger partial charge in [-0.3, -0.25) is 9.59 Å². The summed E-state index contributed by atoms with van der Waals surface area (Å²) in [6.45, 7) is 3.18. The minimum absolute atomic E-state index is 0.0223. The highest BCUT2D eigenvalue weighted by Gasteiger charge is 2.15. The van der Waals surface area contributed by atoms with Crippen molar-refractivity contribution in [2.24, 2.45) is 5.73 Å². The highest BCUT2D eigenvalue weighted by Crippen LogP contribution is 2.23. The Labute approximate surface area is 154 Å².